The Morgan fingerprint density at radius 2 is 1.14 bits per heavy atom. The Bertz CT molecular complexity index is 32.7. The molecule has 0 aromatic heterocycles. The molecule has 4 nitrogen and oxygen atoms in total. The zero-order valence-electron chi connectivity index (χ0n) is 4.22. The van der Waals surface area contributed by atoms with Gasteiger partial charge in [-0.05, 0) is 6.16 Å². The Balaban J connectivity index is -0.0000000150. The number of rotatable bonds is 0. The molecule has 0 radical (unpaired) electrons. The summed E-state index contributed by atoms with van der Waals surface area (Å²) < 4.78 is 0. The van der Waals surface area contributed by atoms with Crippen LogP contribution in [-0.4, -0.2) is 11.6 Å². The summed E-state index contributed by atoms with van der Waals surface area (Å²) in [6.07, 6.45) is -2.33. The molecule has 0 aliphatic rings. The predicted octanol–water partition coefficient (Wildman–Crippen LogP) is -9.26. The third-order valence-electron chi connectivity index (χ3n) is 0. The molecule has 0 saturated carbocycles. The molecular weight excluding hydrogens is 154 g/mol. The number of carbonyl (C=O) groups is 1. The van der Waals surface area contributed by atoms with E-state index in [1.165, 1.54) is 0 Å². The van der Waals surface area contributed by atoms with Crippen LogP contribution in [-0.2, 0) is 0 Å². The first-order valence-corrected chi connectivity index (χ1v) is 0.612. The van der Waals surface area contributed by atoms with Crippen LogP contribution < -0.4 is 113 Å². The molecule has 0 aromatic carbocycles. The molecule has 0 atom stereocenters. The van der Waals surface area contributed by atoms with E-state index in [1.807, 2.05) is 0 Å². The average Bonchev–Trinajstić information content (AvgIpc) is 0.811. The minimum Gasteiger partial charge on any atom is -0.652 e. The maximum atomic E-state index is 8.33. The van der Waals surface area contributed by atoms with Crippen LogP contribution in [0.2, 0.25) is 0 Å². The van der Waals surface area contributed by atoms with E-state index in [9.17, 15) is 0 Å². The summed E-state index contributed by atoms with van der Waals surface area (Å²) in [7, 11) is 0. The van der Waals surface area contributed by atoms with Crippen molar-refractivity contribution in [3.63, 3.8) is 0 Å². The van der Waals surface area contributed by atoms with Gasteiger partial charge in [0.15, 0.2) is 0 Å². The molecule has 32 valence electrons. The Labute approximate surface area is 126 Å². The molecule has 7 heavy (non-hydrogen) atoms. The first-order chi connectivity index (χ1) is 1.73. The maximum Gasteiger partial charge on any atom is 1.00 e. The summed E-state index contributed by atoms with van der Waals surface area (Å²) in [6, 6.07) is 0. The molecule has 0 spiro atoms. The molecule has 0 aromatic rings. The van der Waals surface area contributed by atoms with E-state index in [4.69, 9.17) is 15.0 Å². The van der Waals surface area contributed by atoms with Crippen LogP contribution in [0.5, 0.6) is 0 Å². The largest absolute Gasteiger partial charge is 1.00 e. The summed E-state index contributed by atoms with van der Waals surface area (Å²) >= 11 is 0. The number of carboxylic acid groups (broad SMARTS) is 2. The van der Waals surface area contributed by atoms with E-state index < -0.39 is 6.16 Å². The van der Waals surface area contributed by atoms with Gasteiger partial charge in [0.2, 0.25) is 0 Å². The molecule has 0 unspecified atom stereocenters. The van der Waals surface area contributed by atoms with Gasteiger partial charge in [-0.1, -0.05) is 0 Å². The minimum absolute atomic E-state index is 0. The third kappa shape index (κ3) is 57.4. The van der Waals surface area contributed by atoms with E-state index in [0.717, 1.165) is 0 Å². The van der Waals surface area contributed by atoms with Crippen molar-refractivity contribution in [3.8, 4) is 0 Å². The monoisotopic (exact) mass is 156 g/mol. The van der Waals surface area contributed by atoms with Gasteiger partial charge in [0.05, 0.1) is 0 Å². The van der Waals surface area contributed by atoms with Crippen molar-refractivity contribution in [1.29, 1.82) is 0 Å². The predicted molar refractivity (Wildman–Crippen MR) is 9.01 cm³/mol. The molecule has 0 heterocycles. The van der Waals surface area contributed by atoms with Gasteiger partial charge in [-0.15, -0.1) is 0 Å². The second kappa shape index (κ2) is 15.8. The third-order valence-corrected chi connectivity index (χ3v) is 0. The number of hydrogen-bond donors (Lipinski definition) is 0. The van der Waals surface area contributed by atoms with E-state index in [2.05, 4.69) is 0 Å². The van der Waals surface area contributed by atoms with Gasteiger partial charge in [0.1, 0.15) is 0 Å². The smallest absolute Gasteiger partial charge is 0.652 e. The Morgan fingerprint density at radius 3 is 1.14 bits per heavy atom. The quantitative estimate of drug-likeness (QED) is 0.326. The van der Waals surface area contributed by atoms with Crippen molar-refractivity contribution >= 4 is 6.16 Å². The van der Waals surface area contributed by atoms with Gasteiger partial charge in [-0.3, -0.25) is 0 Å². The van der Waals surface area contributed by atoms with Gasteiger partial charge in [0.25, 0.3) is 0 Å². The zero-order chi connectivity index (χ0) is 3.58. The Hall–Kier alpha value is 2.50. The zero-order valence-corrected chi connectivity index (χ0v) is 10.5. The van der Waals surface area contributed by atoms with Crippen molar-refractivity contribution in [2.45, 2.75) is 0 Å². The molecule has 0 aliphatic carbocycles. The van der Waals surface area contributed by atoms with Gasteiger partial charge in [0, 0.05) is 0 Å². The van der Waals surface area contributed by atoms with Crippen LogP contribution in [0.1, 0.15) is 0 Å². The maximum absolute atomic E-state index is 8.33. The van der Waals surface area contributed by atoms with Gasteiger partial charge >= 0.3 is 103 Å². The van der Waals surface area contributed by atoms with Crippen LogP contribution in [0, 0.1) is 0 Å². The summed E-state index contributed by atoms with van der Waals surface area (Å²) in [6.45, 7) is 0. The van der Waals surface area contributed by atoms with Gasteiger partial charge in [-0.25, -0.2) is 0 Å². The molecule has 0 bridgehead atoms. The molecular formula is CH2K2O4. The van der Waals surface area contributed by atoms with Crippen molar-refractivity contribution < 1.29 is 123 Å². The SMILES string of the molecule is O.O=C([O-])[O-].[K+].[K+]. The average molecular weight is 156 g/mol. The molecule has 0 fully saturated rings. The summed E-state index contributed by atoms with van der Waals surface area (Å²) in [4.78, 5) is 8.33. The van der Waals surface area contributed by atoms with Crippen molar-refractivity contribution in [3.05, 3.63) is 0 Å². The van der Waals surface area contributed by atoms with Crippen LogP contribution in [0.15, 0.2) is 0 Å². The standard InChI is InChI=1S/CH2O3.2K.H2O/c2-1(3)4;;;/h(H2,2,3,4);;;1H2/q;2*+1;/p-2. The number of carbonyl (C=O) groups excluding carboxylic acids is 1. The second-order valence-electron chi connectivity index (χ2n) is 0.250. The van der Waals surface area contributed by atoms with Crippen molar-refractivity contribution in [1.82, 2.24) is 0 Å². The fourth-order valence-electron chi connectivity index (χ4n) is 0. The molecule has 2 N–H and O–H groups in total. The Morgan fingerprint density at radius 1 is 1.14 bits per heavy atom. The van der Waals surface area contributed by atoms with Crippen LogP contribution in [0.25, 0.3) is 0 Å². The van der Waals surface area contributed by atoms with E-state index in [0.29, 0.717) is 0 Å². The van der Waals surface area contributed by atoms with Crippen LogP contribution >= 0.6 is 0 Å². The summed E-state index contributed by atoms with van der Waals surface area (Å²) in [5.41, 5.74) is 0. The second-order valence-corrected chi connectivity index (χ2v) is 0.250. The van der Waals surface area contributed by atoms with E-state index in [1.54, 1.807) is 0 Å². The van der Waals surface area contributed by atoms with Crippen molar-refractivity contribution in [2.24, 2.45) is 0 Å². The fraction of sp³-hybridized carbons (Fsp3) is 0. The normalized spacial score (nSPS) is 3.43. The van der Waals surface area contributed by atoms with Gasteiger partial charge < -0.3 is 20.5 Å². The summed E-state index contributed by atoms with van der Waals surface area (Å²) in [5.74, 6) is 0. The number of hydrogen-bond acceptors (Lipinski definition) is 3. The first kappa shape index (κ1) is 22.7. The molecule has 0 saturated heterocycles. The van der Waals surface area contributed by atoms with E-state index in [-0.39, 0.29) is 108 Å². The molecule has 0 rings (SSSR count). The van der Waals surface area contributed by atoms with Crippen LogP contribution in [0.3, 0.4) is 0 Å². The van der Waals surface area contributed by atoms with Gasteiger partial charge in [-0.2, -0.15) is 0 Å². The first-order valence-electron chi connectivity index (χ1n) is 0.612. The summed E-state index contributed by atoms with van der Waals surface area (Å²) in [5, 5.41) is 16.7. The topological polar surface area (TPSA) is 94.7 Å². The minimum atomic E-state index is -2.33. The van der Waals surface area contributed by atoms with Crippen LogP contribution in [0.4, 0.5) is 4.79 Å². The molecule has 0 amide bonds. The van der Waals surface area contributed by atoms with Crippen molar-refractivity contribution in [2.75, 3.05) is 0 Å². The molecule has 6 heteroatoms. The van der Waals surface area contributed by atoms with E-state index >= 15 is 0 Å². The fourth-order valence-corrected chi connectivity index (χ4v) is 0. The molecule has 0 aliphatic heterocycles. The Kier molecular flexibility index (Phi) is 51.2.